The number of halogens is 1. The van der Waals surface area contributed by atoms with Crippen LogP contribution in [0.1, 0.15) is 16.9 Å². The van der Waals surface area contributed by atoms with Crippen LogP contribution in [0, 0.1) is 5.82 Å². The van der Waals surface area contributed by atoms with E-state index >= 15 is 0 Å². The summed E-state index contributed by atoms with van der Waals surface area (Å²) in [6.07, 6.45) is -0.395. The number of carbonyl (C=O) groups excluding carboxylic acids is 3. The summed E-state index contributed by atoms with van der Waals surface area (Å²) in [5.41, 5.74) is 6.40. The minimum Gasteiger partial charge on any atom is -0.467 e. The van der Waals surface area contributed by atoms with Crippen LogP contribution in [0.2, 0.25) is 0 Å². The number of benzene rings is 2. The lowest BCUT2D eigenvalue weighted by Gasteiger charge is -2.15. The molecule has 0 radical (unpaired) electrons. The number of nitrogens with zero attached hydrogens (tertiary/aromatic N) is 1. The second kappa shape index (κ2) is 10.2. The number of hydrogen-bond acceptors (Lipinski definition) is 6. The molecule has 1 aromatic heterocycles. The molecule has 32 heavy (non-hydrogen) atoms. The summed E-state index contributed by atoms with van der Waals surface area (Å²) in [5, 5.41) is 2.41. The van der Waals surface area contributed by atoms with Crippen molar-refractivity contribution in [2.24, 2.45) is 5.73 Å². The Balaban J connectivity index is 1.73. The fourth-order valence-electron chi connectivity index (χ4n) is 2.82. The zero-order valence-corrected chi connectivity index (χ0v) is 17.1. The van der Waals surface area contributed by atoms with E-state index < -0.39 is 30.2 Å². The quantitative estimate of drug-likeness (QED) is 0.523. The number of nitrogens with two attached hydrogens (primary N) is 1. The molecule has 0 bridgehead atoms. The standard InChI is InChI=1S/C23H20FN3O5/c1-31-23(30)20(13-21(25)28)27-22(29)19-4-2-3-18(26-19)14-5-9-16(10-6-14)32-17-11-7-15(24)8-12-17/h2-12,20H,13H2,1H3,(H2,25,28)(H,27,29)/t20-/m0/s1. The van der Waals surface area contributed by atoms with E-state index in [4.69, 9.17) is 10.5 Å². The van der Waals surface area contributed by atoms with Crippen molar-refractivity contribution in [1.29, 1.82) is 0 Å². The molecule has 0 fully saturated rings. The number of aromatic nitrogens is 1. The Morgan fingerprint density at radius 3 is 2.22 bits per heavy atom. The minimum atomic E-state index is -1.21. The number of nitrogens with one attached hydrogen (secondary N) is 1. The second-order valence-corrected chi connectivity index (χ2v) is 6.71. The number of pyridine rings is 1. The van der Waals surface area contributed by atoms with Crippen LogP contribution >= 0.6 is 0 Å². The maximum Gasteiger partial charge on any atom is 0.328 e. The van der Waals surface area contributed by atoms with Gasteiger partial charge in [0.25, 0.3) is 5.91 Å². The molecule has 0 unspecified atom stereocenters. The van der Waals surface area contributed by atoms with Gasteiger partial charge in [-0.3, -0.25) is 9.59 Å². The normalized spacial score (nSPS) is 11.3. The number of amides is 2. The van der Waals surface area contributed by atoms with Gasteiger partial charge in [0.2, 0.25) is 5.91 Å². The molecule has 0 saturated heterocycles. The van der Waals surface area contributed by atoms with Crippen molar-refractivity contribution >= 4 is 17.8 Å². The van der Waals surface area contributed by atoms with Crippen LogP contribution in [0.3, 0.4) is 0 Å². The van der Waals surface area contributed by atoms with Crippen molar-refractivity contribution < 1.29 is 28.2 Å². The monoisotopic (exact) mass is 437 g/mol. The van der Waals surface area contributed by atoms with E-state index in [1.54, 1.807) is 36.4 Å². The first-order valence-corrected chi connectivity index (χ1v) is 9.53. The van der Waals surface area contributed by atoms with E-state index in [-0.39, 0.29) is 11.5 Å². The zero-order valence-electron chi connectivity index (χ0n) is 17.1. The van der Waals surface area contributed by atoms with Crippen molar-refractivity contribution in [2.75, 3.05) is 7.11 Å². The Labute approximate surface area is 183 Å². The van der Waals surface area contributed by atoms with E-state index in [1.807, 2.05) is 0 Å². The van der Waals surface area contributed by atoms with Gasteiger partial charge < -0.3 is 20.5 Å². The molecule has 1 atom stereocenters. The fraction of sp³-hybridized carbons (Fsp3) is 0.130. The third-order valence-electron chi connectivity index (χ3n) is 4.38. The first kappa shape index (κ1) is 22.4. The lowest BCUT2D eigenvalue weighted by Crippen LogP contribution is -2.44. The third kappa shape index (κ3) is 5.88. The van der Waals surface area contributed by atoms with Crippen molar-refractivity contribution in [3.05, 3.63) is 78.2 Å². The van der Waals surface area contributed by atoms with Crippen molar-refractivity contribution in [3.63, 3.8) is 0 Å². The van der Waals surface area contributed by atoms with Crippen LogP contribution in [0.4, 0.5) is 4.39 Å². The number of esters is 1. The maximum absolute atomic E-state index is 13.0. The van der Waals surface area contributed by atoms with Crippen molar-refractivity contribution in [3.8, 4) is 22.8 Å². The molecule has 3 N–H and O–H groups in total. The minimum absolute atomic E-state index is 0.0486. The molecule has 3 aromatic rings. The van der Waals surface area contributed by atoms with Gasteiger partial charge in [0.1, 0.15) is 29.1 Å². The molecule has 9 heteroatoms. The van der Waals surface area contributed by atoms with Crippen LogP contribution in [0.15, 0.2) is 66.7 Å². The van der Waals surface area contributed by atoms with Gasteiger partial charge in [0, 0.05) is 5.56 Å². The number of rotatable bonds is 8. The summed E-state index contributed by atoms with van der Waals surface area (Å²) < 4.78 is 23.3. The number of carbonyl (C=O) groups is 3. The molecular weight excluding hydrogens is 417 g/mol. The molecule has 0 aliphatic carbocycles. The highest BCUT2D eigenvalue weighted by atomic mass is 19.1. The summed E-state index contributed by atoms with van der Waals surface area (Å²) in [6.45, 7) is 0. The SMILES string of the molecule is COC(=O)[C@H](CC(N)=O)NC(=O)c1cccc(-c2ccc(Oc3ccc(F)cc3)cc2)n1. The first-order chi connectivity index (χ1) is 15.4. The van der Waals surface area contributed by atoms with E-state index in [0.29, 0.717) is 22.8 Å². The molecule has 0 spiro atoms. The Hall–Kier alpha value is -4.27. The topological polar surface area (TPSA) is 121 Å². The lowest BCUT2D eigenvalue weighted by molar-refractivity contribution is -0.144. The number of methoxy groups -OCH3 is 1. The van der Waals surface area contributed by atoms with Crippen LogP contribution in [-0.2, 0) is 14.3 Å². The Morgan fingerprint density at radius 2 is 1.62 bits per heavy atom. The summed E-state index contributed by atoms with van der Waals surface area (Å²) in [4.78, 5) is 39.8. The van der Waals surface area contributed by atoms with Gasteiger partial charge in [-0.2, -0.15) is 0 Å². The van der Waals surface area contributed by atoms with E-state index in [1.165, 1.54) is 30.3 Å². The molecule has 2 aromatic carbocycles. The summed E-state index contributed by atoms with van der Waals surface area (Å²) in [5.74, 6) is -1.51. The fourth-order valence-corrected chi connectivity index (χ4v) is 2.82. The van der Waals surface area contributed by atoms with E-state index in [0.717, 1.165) is 7.11 Å². The molecule has 1 heterocycles. The maximum atomic E-state index is 13.0. The third-order valence-corrected chi connectivity index (χ3v) is 4.38. The molecule has 2 amide bonds. The van der Waals surface area contributed by atoms with Crippen molar-refractivity contribution in [2.45, 2.75) is 12.5 Å². The average Bonchev–Trinajstić information content (AvgIpc) is 2.80. The van der Waals surface area contributed by atoms with Crippen LogP contribution in [0.5, 0.6) is 11.5 Å². The molecule has 3 rings (SSSR count). The van der Waals surface area contributed by atoms with Crippen LogP contribution in [-0.4, -0.2) is 35.9 Å². The van der Waals surface area contributed by atoms with E-state index in [2.05, 4.69) is 15.0 Å². The van der Waals surface area contributed by atoms with Gasteiger partial charge >= 0.3 is 5.97 Å². The predicted molar refractivity (Wildman–Crippen MR) is 113 cm³/mol. The van der Waals surface area contributed by atoms with Crippen LogP contribution < -0.4 is 15.8 Å². The number of primary amides is 1. The summed E-state index contributed by atoms with van der Waals surface area (Å²) in [6, 6.07) is 16.2. The molecular formula is C23H20FN3O5. The van der Waals surface area contributed by atoms with Gasteiger partial charge in [-0.05, 0) is 60.7 Å². The van der Waals surface area contributed by atoms with Gasteiger partial charge in [-0.25, -0.2) is 14.2 Å². The van der Waals surface area contributed by atoms with Gasteiger partial charge in [-0.15, -0.1) is 0 Å². The Bertz CT molecular complexity index is 1120. The lowest BCUT2D eigenvalue weighted by atomic mass is 10.1. The average molecular weight is 437 g/mol. The Kier molecular flexibility index (Phi) is 7.12. The summed E-state index contributed by atoms with van der Waals surface area (Å²) in [7, 11) is 1.14. The van der Waals surface area contributed by atoms with Gasteiger partial charge in [-0.1, -0.05) is 6.07 Å². The molecule has 164 valence electrons. The molecule has 8 nitrogen and oxygen atoms in total. The largest absolute Gasteiger partial charge is 0.467 e. The van der Waals surface area contributed by atoms with Gasteiger partial charge in [0.05, 0.1) is 19.2 Å². The number of hydrogen-bond donors (Lipinski definition) is 2. The highest BCUT2D eigenvalue weighted by molar-refractivity contribution is 5.96. The van der Waals surface area contributed by atoms with Crippen LogP contribution in [0.25, 0.3) is 11.3 Å². The second-order valence-electron chi connectivity index (χ2n) is 6.71. The zero-order chi connectivity index (χ0) is 23.1. The number of ether oxygens (including phenoxy) is 2. The first-order valence-electron chi connectivity index (χ1n) is 9.53. The summed E-state index contributed by atoms with van der Waals surface area (Å²) >= 11 is 0. The molecule has 0 saturated carbocycles. The van der Waals surface area contributed by atoms with Crippen molar-refractivity contribution in [1.82, 2.24) is 10.3 Å². The highest BCUT2D eigenvalue weighted by Crippen LogP contribution is 2.25. The predicted octanol–water partition coefficient (Wildman–Crippen LogP) is 2.83. The Morgan fingerprint density at radius 1 is 1.00 bits per heavy atom. The van der Waals surface area contributed by atoms with E-state index in [9.17, 15) is 18.8 Å². The highest BCUT2D eigenvalue weighted by Gasteiger charge is 2.24. The smallest absolute Gasteiger partial charge is 0.328 e. The molecule has 0 aliphatic rings. The van der Waals surface area contributed by atoms with Gasteiger partial charge in [0.15, 0.2) is 0 Å². The molecule has 0 aliphatic heterocycles.